The maximum Gasteiger partial charge on any atom is 0.338 e. The average Bonchev–Trinajstić information content (AvgIpc) is 2.60. The van der Waals surface area contributed by atoms with Crippen LogP contribution in [-0.2, 0) is 16.0 Å². The van der Waals surface area contributed by atoms with Gasteiger partial charge in [0.15, 0.2) is 6.61 Å². The highest BCUT2D eigenvalue weighted by molar-refractivity contribution is 5.91. The van der Waals surface area contributed by atoms with Crippen molar-refractivity contribution >= 4 is 17.6 Å². The maximum absolute atomic E-state index is 11.8. The molecule has 2 aromatic carbocycles. The second-order valence-corrected chi connectivity index (χ2v) is 4.97. The monoisotopic (exact) mass is 328 g/mol. The van der Waals surface area contributed by atoms with Gasteiger partial charge in [0.25, 0.3) is 11.6 Å². The summed E-state index contributed by atoms with van der Waals surface area (Å²) in [6.45, 7) is 0.0442. The largest absolute Gasteiger partial charge is 0.452 e. The van der Waals surface area contributed by atoms with Crippen molar-refractivity contribution in [2.45, 2.75) is 6.42 Å². The molecule has 0 saturated heterocycles. The molecule has 7 nitrogen and oxygen atoms in total. The van der Waals surface area contributed by atoms with E-state index in [-0.39, 0.29) is 11.3 Å². The van der Waals surface area contributed by atoms with E-state index in [1.165, 1.54) is 24.3 Å². The fourth-order valence-corrected chi connectivity index (χ4v) is 1.98. The summed E-state index contributed by atoms with van der Waals surface area (Å²) in [5, 5.41) is 13.2. The molecule has 0 atom stereocenters. The summed E-state index contributed by atoms with van der Waals surface area (Å²) in [7, 11) is 0. The Morgan fingerprint density at radius 1 is 1.04 bits per heavy atom. The second kappa shape index (κ2) is 8.42. The van der Waals surface area contributed by atoms with Gasteiger partial charge in [-0.3, -0.25) is 14.9 Å². The number of nitrogens with zero attached hydrogens (tertiary/aromatic N) is 1. The number of amides is 1. The summed E-state index contributed by atoms with van der Waals surface area (Å²) in [6, 6.07) is 14.7. The van der Waals surface area contributed by atoms with Crippen molar-refractivity contribution < 1.29 is 19.2 Å². The quantitative estimate of drug-likeness (QED) is 0.477. The lowest BCUT2D eigenvalue weighted by Gasteiger charge is -2.06. The third-order valence-electron chi connectivity index (χ3n) is 3.23. The first-order valence-electron chi connectivity index (χ1n) is 7.28. The van der Waals surface area contributed by atoms with Gasteiger partial charge in [-0.25, -0.2) is 4.79 Å². The molecule has 7 heteroatoms. The van der Waals surface area contributed by atoms with E-state index in [9.17, 15) is 19.7 Å². The van der Waals surface area contributed by atoms with Gasteiger partial charge in [0, 0.05) is 18.7 Å². The summed E-state index contributed by atoms with van der Waals surface area (Å²) in [5.74, 6) is -1.11. The number of rotatable bonds is 7. The molecule has 0 spiro atoms. The van der Waals surface area contributed by atoms with Crippen LogP contribution in [0.5, 0.6) is 0 Å². The van der Waals surface area contributed by atoms with Crippen LogP contribution >= 0.6 is 0 Å². The number of hydrogen-bond donors (Lipinski definition) is 1. The van der Waals surface area contributed by atoms with Crippen molar-refractivity contribution in [1.82, 2.24) is 5.32 Å². The maximum atomic E-state index is 11.8. The van der Waals surface area contributed by atoms with E-state index in [1.54, 1.807) is 0 Å². The summed E-state index contributed by atoms with van der Waals surface area (Å²) in [6.07, 6.45) is 0.683. The van der Waals surface area contributed by atoms with Crippen LogP contribution in [0, 0.1) is 10.1 Å². The van der Waals surface area contributed by atoms with Gasteiger partial charge in [-0.1, -0.05) is 30.3 Å². The number of hydrogen-bond acceptors (Lipinski definition) is 5. The van der Waals surface area contributed by atoms with Crippen molar-refractivity contribution in [2.75, 3.05) is 13.2 Å². The van der Waals surface area contributed by atoms with E-state index >= 15 is 0 Å². The van der Waals surface area contributed by atoms with Crippen LogP contribution in [-0.4, -0.2) is 30.0 Å². The van der Waals surface area contributed by atoms with Gasteiger partial charge in [0.1, 0.15) is 0 Å². The first kappa shape index (κ1) is 17.1. The molecule has 1 N–H and O–H groups in total. The minimum Gasteiger partial charge on any atom is -0.452 e. The van der Waals surface area contributed by atoms with E-state index in [0.29, 0.717) is 13.0 Å². The van der Waals surface area contributed by atoms with Crippen LogP contribution in [0.3, 0.4) is 0 Å². The molecule has 0 saturated carbocycles. The predicted molar refractivity (Wildman–Crippen MR) is 86.5 cm³/mol. The van der Waals surface area contributed by atoms with E-state index < -0.39 is 23.4 Å². The van der Waals surface area contributed by atoms with Gasteiger partial charge in [0.05, 0.1) is 10.5 Å². The molecular weight excluding hydrogens is 312 g/mol. The Morgan fingerprint density at radius 3 is 2.33 bits per heavy atom. The van der Waals surface area contributed by atoms with E-state index in [2.05, 4.69) is 5.32 Å². The lowest BCUT2D eigenvalue weighted by Crippen LogP contribution is -2.30. The molecule has 0 heterocycles. The Balaban J connectivity index is 1.72. The fourth-order valence-electron chi connectivity index (χ4n) is 1.98. The Kier molecular flexibility index (Phi) is 6.01. The van der Waals surface area contributed by atoms with Crippen LogP contribution < -0.4 is 5.32 Å². The molecule has 0 radical (unpaired) electrons. The van der Waals surface area contributed by atoms with Gasteiger partial charge < -0.3 is 10.1 Å². The van der Waals surface area contributed by atoms with Gasteiger partial charge in [-0.2, -0.15) is 0 Å². The van der Waals surface area contributed by atoms with Gasteiger partial charge in [0.2, 0.25) is 0 Å². The van der Waals surface area contributed by atoms with Crippen LogP contribution in [0.25, 0.3) is 0 Å². The van der Waals surface area contributed by atoms with E-state index in [4.69, 9.17) is 4.74 Å². The number of nitro benzene ring substituents is 1. The standard InChI is InChI=1S/C17H16N2O5/c20-16(18-11-10-13-4-2-1-3-5-13)12-24-17(21)14-6-8-15(9-7-14)19(22)23/h1-9H,10-12H2,(H,18,20). The molecule has 0 bridgehead atoms. The fraction of sp³-hybridized carbons (Fsp3) is 0.176. The molecule has 0 aliphatic carbocycles. The van der Waals surface area contributed by atoms with Gasteiger partial charge in [-0.05, 0) is 24.1 Å². The zero-order valence-corrected chi connectivity index (χ0v) is 12.8. The molecular formula is C17H16N2O5. The Bertz CT molecular complexity index is 714. The highest BCUT2D eigenvalue weighted by Crippen LogP contribution is 2.12. The first-order valence-corrected chi connectivity index (χ1v) is 7.28. The number of esters is 1. The summed E-state index contributed by atoms with van der Waals surface area (Å²) in [4.78, 5) is 33.4. The van der Waals surface area contributed by atoms with E-state index in [1.807, 2.05) is 30.3 Å². The van der Waals surface area contributed by atoms with Crippen molar-refractivity contribution in [2.24, 2.45) is 0 Å². The molecule has 24 heavy (non-hydrogen) atoms. The SMILES string of the molecule is O=C(COC(=O)c1ccc([N+](=O)[O-])cc1)NCCc1ccccc1. The third-order valence-corrected chi connectivity index (χ3v) is 3.23. The molecule has 0 unspecified atom stereocenters. The molecule has 0 aliphatic heterocycles. The second-order valence-electron chi connectivity index (χ2n) is 4.97. The number of benzene rings is 2. The lowest BCUT2D eigenvalue weighted by atomic mass is 10.1. The Morgan fingerprint density at radius 2 is 1.71 bits per heavy atom. The van der Waals surface area contributed by atoms with Crippen molar-refractivity contribution in [3.63, 3.8) is 0 Å². The summed E-state index contributed by atoms with van der Waals surface area (Å²) >= 11 is 0. The molecule has 0 fully saturated rings. The number of carbonyl (C=O) groups excluding carboxylic acids is 2. The number of ether oxygens (including phenoxy) is 1. The lowest BCUT2D eigenvalue weighted by molar-refractivity contribution is -0.384. The predicted octanol–water partition coefficient (Wildman–Crippen LogP) is 2.11. The average molecular weight is 328 g/mol. The highest BCUT2D eigenvalue weighted by Gasteiger charge is 2.12. The van der Waals surface area contributed by atoms with Gasteiger partial charge in [-0.15, -0.1) is 0 Å². The van der Waals surface area contributed by atoms with Crippen LogP contribution in [0.4, 0.5) is 5.69 Å². The van der Waals surface area contributed by atoms with Crippen molar-refractivity contribution in [3.8, 4) is 0 Å². The molecule has 0 aromatic heterocycles. The Hall–Kier alpha value is -3.22. The smallest absolute Gasteiger partial charge is 0.338 e. The zero-order valence-electron chi connectivity index (χ0n) is 12.8. The third kappa shape index (κ3) is 5.20. The van der Waals surface area contributed by atoms with Gasteiger partial charge >= 0.3 is 5.97 Å². The van der Waals surface area contributed by atoms with Crippen LogP contribution in [0.2, 0.25) is 0 Å². The zero-order chi connectivity index (χ0) is 17.4. The summed E-state index contributed by atoms with van der Waals surface area (Å²) < 4.78 is 4.87. The van der Waals surface area contributed by atoms with E-state index in [0.717, 1.165) is 5.56 Å². The van der Waals surface area contributed by atoms with Crippen LogP contribution in [0.1, 0.15) is 15.9 Å². The minimum atomic E-state index is -0.705. The number of nitrogens with one attached hydrogen (secondary N) is 1. The molecule has 2 rings (SSSR count). The number of non-ortho nitro benzene ring substituents is 1. The summed E-state index contributed by atoms with van der Waals surface area (Å²) in [5.41, 5.74) is 1.13. The van der Waals surface area contributed by atoms with Crippen molar-refractivity contribution in [3.05, 3.63) is 75.8 Å². The Labute approximate surface area is 138 Å². The molecule has 1 amide bonds. The molecule has 0 aliphatic rings. The molecule has 124 valence electrons. The highest BCUT2D eigenvalue weighted by atomic mass is 16.6. The molecule has 2 aromatic rings. The normalized spacial score (nSPS) is 10.0. The number of nitro groups is 1. The number of carbonyl (C=O) groups is 2. The van der Waals surface area contributed by atoms with Crippen LogP contribution in [0.15, 0.2) is 54.6 Å². The topological polar surface area (TPSA) is 98.5 Å². The van der Waals surface area contributed by atoms with Crippen molar-refractivity contribution in [1.29, 1.82) is 0 Å². The first-order chi connectivity index (χ1) is 11.6. The minimum absolute atomic E-state index is 0.120.